The van der Waals surface area contributed by atoms with Crippen LogP contribution >= 0.6 is 0 Å². The largest absolute Gasteiger partial charge is 0.444 e. The quantitative estimate of drug-likeness (QED) is 0.260. The first kappa shape index (κ1) is 24.7. The normalized spacial score (nSPS) is 21.8. The molecular formula is C19H33N5O5. The lowest BCUT2D eigenvalue weighted by atomic mass is 9.87. The molecule has 0 spiro atoms. The van der Waals surface area contributed by atoms with Crippen LogP contribution in [0.5, 0.6) is 0 Å². The minimum atomic E-state index is -0.708. The van der Waals surface area contributed by atoms with E-state index in [9.17, 15) is 9.59 Å². The molecule has 0 saturated carbocycles. The highest BCUT2D eigenvalue weighted by Crippen LogP contribution is 2.27. The molecule has 1 aliphatic carbocycles. The van der Waals surface area contributed by atoms with Gasteiger partial charge in [0.2, 0.25) is 5.91 Å². The molecule has 0 aromatic carbocycles. The molecule has 0 aromatic heterocycles. The summed E-state index contributed by atoms with van der Waals surface area (Å²) in [5, 5.41) is 9.20. The maximum Gasteiger partial charge on any atom is 0.407 e. The average molecular weight is 412 g/mol. The molecule has 0 aliphatic heterocycles. The third kappa shape index (κ3) is 8.31. The second kappa shape index (κ2) is 11.6. The summed E-state index contributed by atoms with van der Waals surface area (Å²) in [5.74, 6) is -0.334. The molecule has 0 radical (unpaired) electrons. The van der Waals surface area contributed by atoms with Crippen LogP contribution in [0, 0.1) is 0 Å². The number of ether oxygens (including phenoxy) is 3. The standard InChI is InChI=1S/C19H33N5O5/c1-7-13(8-2)28-15-10-12(17(25)21-11-27-6)9-14(23-24-20)16(15)22-18(26)29-19(3,4)5/h10,13-16H,7-9,11H2,1-6H3,(H,21,25)(H,22,26)/t14-,15+,16+/m0/s1. The minimum absolute atomic E-state index is 0.0556. The minimum Gasteiger partial charge on any atom is -0.444 e. The third-order valence-electron chi connectivity index (χ3n) is 4.38. The Morgan fingerprint density at radius 3 is 2.52 bits per heavy atom. The summed E-state index contributed by atoms with van der Waals surface area (Å²) < 4.78 is 16.4. The average Bonchev–Trinajstić information content (AvgIpc) is 2.64. The summed E-state index contributed by atoms with van der Waals surface area (Å²) in [6, 6.07) is -1.37. The monoisotopic (exact) mass is 411 g/mol. The lowest BCUT2D eigenvalue weighted by Crippen LogP contribution is -2.54. The molecule has 0 saturated heterocycles. The van der Waals surface area contributed by atoms with E-state index in [1.165, 1.54) is 7.11 Å². The summed E-state index contributed by atoms with van der Waals surface area (Å²) in [5.41, 5.74) is 8.75. The maximum absolute atomic E-state index is 12.4. The van der Waals surface area contributed by atoms with Crippen LogP contribution < -0.4 is 10.6 Å². The van der Waals surface area contributed by atoms with Crippen LogP contribution in [0.4, 0.5) is 4.79 Å². The Hall–Kier alpha value is -2.29. The number of hydrogen-bond donors (Lipinski definition) is 2. The number of alkyl carbamates (subject to hydrolysis) is 1. The van der Waals surface area contributed by atoms with Crippen LogP contribution in [-0.4, -0.2) is 55.7 Å². The van der Waals surface area contributed by atoms with Crippen molar-refractivity contribution in [2.24, 2.45) is 5.11 Å². The number of rotatable bonds is 9. The molecule has 0 heterocycles. The molecule has 10 heteroatoms. The second-order valence-electron chi connectivity index (χ2n) is 7.82. The van der Waals surface area contributed by atoms with E-state index in [2.05, 4.69) is 20.7 Å². The summed E-state index contributed by atoms with van der Waals surface area (Å²) >= 11 is 0. The van der Waals surface area contributed by atoms with E-state index in [-0.39, 0.29) is 25.2 Å². The van der Waals surface area contributed by atoms with E-state index in [0.717, 1.165) is 12.8 Å². The Labute approximate surface area is 172 Å². The van der Waals surface area contributed by atoms with Gasteiger partial charge in [0, 0.05) is 17.6 Å². The molecule has 0 unspecified atom stereocenters. The lowest BCUT2D eigenvalue weighted by molar-refractivity contribution is -0.119. The van der Waals surface area contributed by atoms with E-state index >= 15 is 0 Å². The van der Waals surface area contributed by atoms with Crippen LogP contribution in [0.25, 0.3) is 10.4 Å². The van der Waals surface area contributed by atoms with Crippen molar-refractivity contribution < 1.29 is 23.8 Å². The van der Waals surface area contributed by atoms with Crippen molar-refractivity contribution >= 4 is 12.0 Å². The number of amides is 2. The van der Waals surface area contributed by atoms with Gasteiger partial charge in [0.1, 0.15) is 12.3 Å². The van der Waals surface area contributed by atoms with Crippen LogP contribution in [0.1, 0.15) is 53.9 Å². The highest BCUT2D eigenvalue weighted by Gasteiger charge is 2.38. The predicted molar refractivity (Wildman–Crippen MR) is 108 cm³/mol. The van der Waals surface area contributed by atoms with Crippen LogP contribution in [-0.2, 0) is 19.0 Å². The molecule has 2 N–H and O–H groups in total. The van der Waals surface area contributed by atoms with Crippen molar-refractivity contribution in [3.63, 3.8) is 0 Å². The zero-order valence-corrected chi connectivity index (χ0v) is 18.1. The van der Waals surface area contributed by atoms with Gasteiger partial charge in [-0.15, -0.1) is 0 Å². The Morgan fingerprint density at radius 2 is 2.00 bits per heavy atom. The fraction of sp³-hybridized carbons (Fsp3) is 0.789. The number of hydrogen-bond acceptors (Lipinski definition) is 6. The van der Waals surface area contributed by atoms with Gasteiger partial charge in [-0.2, -0.15) is 0 Å². The van der Waals surface area contributed by atoms with Crippen LogP contribution in [0.2, 0.25) is 0 Å². The second-order valence-corrected chi connectivity index (χ2v) is 7.82. The first-order valence-electron chi connectivity index (χ1n) is 9.82. The summed E-state index contributed by atoms with van der Waals surface area (Å²) in [4.78, 5) is 27.7. The van der Waals surface area contributed by atoms with Gasteiger partial charge >= 0.3 is 6.09 Å². The summed E-state index contributed by atoms with van der Waals surface area (Å²) in [6.45, 7) is 9.32. The molecule has 0 aromatic rings. The highest BCUT2D eigenvalue weighted by molar-refractivity contribution is 5.93. The highest BCUT2D eigenvalue weighted by atomic mass is 16.6. The molecule has 10 nitrogen and oxygen atoms in total. The van der Waals surface area contributed by atoms with E-state index in [0.29, 0.717) is 5.57 Å². The van der Waals surface area contributed by atoms with Crippen molar-refractivity contribution in [3.8, 4) is 0 Å². The molecule has 164 valence electrons. The van der Waals surface area contributed by atoms with Crippen molar-refractivity contribution in [1.82, 2.24) is 10.6 Å². The number of nitrogens with one attached hydrogen (secondary N) is 2. The Kier molecular flexibility index (Phi) is 9.94. The first-order chi connectivity index (χ1) is 13.6. The number of azide groups is 1. The van der Waals surface area contributed by atoms with Crippen molar-refractivity contribution in [3.05, 3.63) is 22.1 Å². The van der Waals surface area contributed by atoms with Gasteiger partial charge in [0.25, 0.3) is 0 Å². The molecule has 2 amide bonds. The number of nitrogens with zero attached hydrogens (tertiary/aromatic N) is 3. The van der Waals surface area contributed by atoms with E-state index in [4.69, 9.17) is 19.7 Å². The van der Waals surface area contributed by atoms with Crippen LogP contribution in [0.3, 0.4) is 0 Å². The van der Waals surface area contributed by atoms with Crippen molar-refractivity contribution in [2.45, 2.75) is 83.8 Å². The first-order valence-corrected chi connectivity index (χ1v) is 9.82. The molecule has 3 atom stereocenters. The van der Waals surface area contributed by atoms with Gasteiger partial charge in [0.15, 0.2) is 0 Å². The number of carbonyl (C=O) groups is 2. The maximum atomic E-state index is 12.4. The molecule has 0 bridgehead atoms. The summed E-state index contributed by atoms with van der Waals surface area (Å²) in [6.07, 6.45) is 1.98. The van der Waals surface area contributed by atoms with Gasteiger partial charge in [0.05, 0.1) is 24.3 Å². The molecule has 1 rings (SSSR count). The van der Waals surface area contributed by atoms with Crippen LogP contribution in [0.15, 0.2) is 16.8 Å². The van der Waals surface area contributed by atoms with Crippen molar-refractivity contribution in [1.29, 1.82) is 0 Å². The van der Waals surface area contributed by atoms with E-state index < -0.39 is 29.9 Å². The predicted octanol–water partition coefficient (Wildman–Crippen LogP) is 3.18. The molecule has 29 heavy (non-hydrogen) atoms. The SMILES string of the molecule is CCC(CC)O[C@@H]1C=C(C(=O)NCOC)C[C@H](N=[N+]=[N-])[C@H]1NC(=O)OC(C)(C)C. The number of carbonyl (C=O) groups excluding carboxylic acids is 2. The molecule has 1 aliphatic rings. The third-order valence-corrected chi connectivity index (χ3v) is 4.38. The fourth-order valence-electron chi connectivity index (χ4n) is 2.99. The summed E-state index contributed by atoms with van der Waals surface area (Å²) in [7, 11) is 1.47. The Bertz CT molecular complexity index is 635. The molecule has 0 fully saturated rings. The van der Waals surface area contributed by atoms with Gasteiger partial charge < -0.3 is 24.8 Å². The zero-order valence-electron chi connectivity index (χ0n) is 18.1. The van der Waals surface area contributed by atoms with Gasteiger partial charge in [-0.05, 0) is 51.6 Å². The Morgan fingerprint density at radius 1 is 1.34 bits per heavy atom. The fourth-order valence-corrected chi connectivity index (χ4v) is 2.99. The van der Waals surface area contributed by atoms with Gasteiger partial charge in [-0.1, -0.05) is 19.0 Å². The van der Waals surface area contributed by atoms with E-state index in [1.54, 1.807) is 26.8 Å². The van der Waals surface area contributed by atoms with Gasteiger partial charge in [-0.3, -0.25) is 4.79 Å². The van der Waals surface area contributed by atoms with E-state index in [1.807, 2.05) is 13.8 Å². The topological polar surface area (TPSA) is 135 Å². The zero-order chi connectivity index (χ0) is 22.0. The number of methoxy groups -OCH3 is 1. The smallest absolute Gasteiger partial charge is 0.407 e. The van der Waals surface area contributed by atoms with Gasteiger partial charge in [-0.25, -0.2) is 4.79 Å². The molecular weight excluding hydrogens is 378 g/mol. The van der Waals surface area contributed by atoms with Crippen molar-refractivity contribution in [2.75, 3.05) is 13.8 Å². The lowest BCUT2D eigenvalue weighted by Gasteiger charge is -2.37. The Balaban J connectivity index is 3.19.